The maximum atomic E-state index is 12.0. The number of aromatic amines is 1. The van der Waals surface area contributed by atoms with Crippen LogP contribution in [0.25, 0.3) is 0 Å². The van der Waals surface area contributed by atoms with Crippen LogP contribution in [0.1, 0.15) is 37.9 Å². The van der Waals surface area contributed by atoms with E-state index in [2.05, 4.69) is 53.3 Å². The second-order valence-corrected chi connectivity index (χ2v) is 6.67. The molecule has 0 fully saturated rings. The Balaban J connectivity index is 2.43. The zero-order chi connectivity index (χ0) is 14.0. The topological polar surface area (TPSA) is 45.8 Å². The molecule has 4 heteroatoms. The summed E-state index contributed by atoms with van der Waals surface area (Å²) in [6.45, 7) is 6.22. The zero-order valence-electron chi connectivity index (χ0n) is 11.3. The molecule has 0 atom stereocenters. The van der Waals surface area contributed by atoms with E-state index in [1.165, 1.54) is 0 Å². The maximum Gasteiger partial charge on any atom is 0.264 e. The molecule has 100 valence electrons. The third-order valence-electron chi connectivity index (χ3n) is 2.84. The van der Waals surface area contributed by atoms with Crippen molar-refractivity contribution in [3.8, 4) is 0 Å². The lowest BCUT2D eigenvalue weighted by Crippen LogP contribution is -2.25. The van der Waals surface area contributed by atoms with Crippen molar-refractivity contribution in [2.24, 2.45) is 0 Å². The van der Waals surface area contributed by atoms with Gasteiger partial charge in [-0.05, 0) is 28.2 Å². The van der Waals surface area contributed by atoms with Gasteiger partial charge in [-0.15, -0.1) is 0 Å². The lowest BCUT2D eigenvalue weighted by molar-refractivity contribution is 0.556. The van der Waals surface area contributed by atoms with Gasteiger partial charge >= 0.3 is 0 Å². The van der Waals surface area contributed by atoms with Crippen molar-refractivity contribution < 1.29 is 0 Å². The molecule has 0 spiro atoms. The highest BCUT2D eigenvalue weighted by Crippen LogP contribution is 2.23. The molecule has 0 saturated heterocycles. The number of benzene rings is 1. The highest BCUT2D eigenvalue weighted by Gasteiger charge is 2.21. The first kappa shape index (κ1) is 14.2. The number of rotatable bonds is 2. The summed E-state index contributed by atoms with van der Waals surface area (Å²) in [5.74, 6) is 0.724. The standard InChI is InChI=1S/C15H17IN2O/c1-15(2,3)13-12(16)14(19)18-11(17-13)9-10-7-5-4-6-8-10/h4-8H,9H2,1-3H3,(H,17,18,19). The summed E-state index contributed by atoms with van der Waals surface area (Å²) in [5, 5.41) is 0. The van der Waals surface area contributed by atoms with Crippen molar-refractivity contribution in [2.45, 2.75) is 32.6 Å². The molecule has 19 heavy (non-hydrogen) atoms. The monoisotopic (exact) mass is 368 g/mol. The van der Waals surface area contributed by atoms with Crippen molar-refractivity contribution >= 4 is 22.6 Å². The Bertz CT molecular complexity index is 627. The summed E-state index contributed by atoms with van der Waals surface area (Å²) >= 11 is 2.07. The van der Waals surface area contributed by atoms with Gasteiger partial charge < -0.3 is 4.98 Å². The van der Waals surface area contributed by atoms with Crippen LogP contribution >= 0.6 is 22.6 Å². The highest BCUT2D eigenvalue weighted by molar-refractivity contribution is 14.1. The third-order valence-corrected chi connectivity index (χ3v) is 3.84. The van der Waals surface area contributed by atoms with E-state index in [1.54, 1.807) is 0 Å². The number of nitrogens with zero attached hydrogens (tertiary/aromatic N) is 1. The molecule has 0 aliphatic carbocycles. The zero-order valence-corrected chi connectivity index (χ0v) is 13.5. The second kappa shape index (κ2) is 5.45. The van der Waals surface area contributed by atoms with E-state index in [0.29, 0.717) is 9.99 Å². The van der Waals surface area contributed by atoms with Gasteiger partial charge in [-0.1, -0.05) is 51.1 Å². The molecule has 2 rings (SSSR count). The lowest BCUT2D eigenvalue weighted by atomic mass is 9.92. The molecule has 0 bridgehead atoms. The maximum absolute atomic E-state index is 12.0. The molecular weight excluding hydrogens is 351 g/mol. The van der Waals surface area contributed by atoms with Gasteiger partial charge in [-0.3, -0.25) is 4.79 Å². The fourth-order valence-electron chi connectivity index (χ4n) is 1.88. The van der Waals surface area contributed by atoms with Gasteiger partial charge in [-0.25, -0.2) is 4.98 Å². The minimum atomic E-state index is -0.129. The number of hydrogen-bond acceptors (Lipinski definition) is 2. The normalized spacial score (nSPS) is 11.6. The molecule has 0 unspecified atom stereocenters. The predicted octanol–water partition coefficient (Wildman–Crippen LogP) is 3.26. The van der Waals surface area contributed by atoms with Crippen LogP contribution in [-0.2, 0) is 11.8 Å². The average Bonchev–Trinajstić information content (AvgIpc) is 2.33. The molecule has 0 amide bonds. The Labute approximate surface area is 126 Å². The van der Waals surface area contributed by atoms with E-state index in [0.717, 1.165) is 17.1 Å². The fraction of sp³-hybridized carbons (Fsp3) is 0.333. The minimum Gasteiger partial charge on any atom is -0.309 e. The van der Waals surface area contributed by atoms with Gasteiger partial charge in [-0.2, -0.15) is 0 Å². The van der Waals surface area contributed by atoms with Crippen molar-refractivity contribution in [3.05, 3.63) is 61.3 Å². The number of aromatic nitrogens is 2. The molecule has 1 N–H and O–H groups in total. The number of nitrogens with one attached hydrogen (secondary N) is 1. The van der Waals surface area contributed by atoms with Gasteiger partial charge in [0.1, 0.15) is 9.39 Å². The summed E-state index contributed by atoms with van der Waals surface area (Å²) in [4.78, 5) is 19.5. The van der Waals surface area contributed by atoms with E-state index in [1.807, 2.05) is 30.3 Å². The fourth-order valence-corrected chi connectivity index (χ4v) is 2.94. The molecule has 1 aromatic heterocycles. The van der Waals surface area contributed by atoms with E-state index in [4.69, 9.17) is 0 Å². The lowest BCUT2D eigenvalue weighted by Gasteiger charge is -2.19. The van der Waals surface area contributed by atoms with Crippen LogP contribution in [0.2, 0.25) is 0 Å². The van der Waals surface area contributed by atoms with Crippen molar-refractivity contribution in [3.63, 3.8) is 0 Å². The van der Waals surface area contributed by atoms with Gasteiger partial charge in [0.15, 0.2) is 0 Å². The summed E-state index contributed by atoms with van der Waals surface area (Å²) in [7, 11) is 0. The first-order chi connectivity index (χ1) is 8.88. The summed E-state index contributed by atoms with van der Waals surface area (Å²) in [6, 6.07) is 10.0. The Morgan fingerprint density at radius 3 is 2.42 bits per heavy atom. The number of H-pyrrole nitrogens is 1. The summed E-state index contributed by atoms with van der Waals surface area (Å²) in [5.41, 5.74) is 1.83. The third kappa shape index (κ3) is 3.43. The predicted molar refractivity (Wildman–Crippen MR) is 85.5 cm³/mol. The van der Waals surface area contributed by atoms with Crippen molar-refractivity contribution in [2.75, 3.05) is 0 Å². The van der Waals surface area contributed by atoms with E-state index in [-0.39, 0.29) is 11.0 Å². The Morgan fingerprint density at radius 2 is 1.84 bits per heavy atom. The van der Waals surface area contributed by atoms with Gasteiger partial charge in [0, 0.05) is 11.8 Å². The number of hydrogen-bond donors (Lipinski definition) is 1. The quantitative estimate of drug-likeness (QED) is 0.828. The van der Waals surface area contributed by atoms with Crippen LogP contribution in [0.15, 0.2) is 35.1 Å². The summed E-state index contributed by atoms with van der Waals surface area (Å²) < 4.78 is 0.682. The Hall–Kier alpha value is -1.17. The molecule has 0 radical (unpaired) electrons. The molecule has 3 nitrogen and oxygen atoms in total. The molecule has 0 saturated carbocycles. The van der Waals surface area contributed by atoms with Crippen LogP contribution in [0.3, 0.4) is 0 Å². The smallest absolute Gasteiger partial charge is 0.264 e. The Morgan fingerprint density at radius 1 is 1.21 bits per heavy atom. The van der Waals surface area contributed by atoms with Crippen LogP contribution in [-0.4, -0.2) is 9.97 Å². The van der Waals surface area contributed by atoms with Crippen LogP contribution in [0.4, 0.5) is 0 Å². The van der Waals surface area contributed by atoms with Gasteiger partial charge in [0.05, 0.1) is 5.69 Å². The minimum absolute atomic E-state index is 0.0496. The molecule has 0 aliphatic rings. The van der Waals surface area contributed by atoms with E-state index < -0.39 is 0 Å². The summed E-state index contributed by atoms with van der Waals surface area (Å²) in [6.07, 6.45) is 0.649. The van der Waals surface area contributed by atoms with Crippen LogP contribution in [0.5, 0.6) is 0 Å². The largest absolute Gasteiger partial charge is 0.309 e. The first-order valence-corrected chi connectivity index (χ1v) is 7.29. The molecule has 1 heterocycles. The first-order valence-electron chi connectivity index (χ1n) is 6.21. The second-order valence-electron chi connectivity index (χ2n) is 5.59. The molecular formula is C15H17IN2O. The van der Waals surface area contributed by atoms with Gasteiger partial charge in [0.2, 0.25) is 0 Å². The van der Waals surface area contributed by atoms with Gasteiger partial charge in [0.25, 0.3) is 5.56 Å². The Kier molecular flexibility index (Phi) is 4.08. The number of halogens is 1. The van der Waals surface area contributed by atoms with Crippen molar-refractivity contribution in [1.29, 1.82) is 0 Å². The highest BCUT2D eigenvalue weighted by atomic mass is 127. The SMILES string of the molecule is CC(C)(C)c1nc(Cc2ccccc2)[nH]c(=O)c1I. The van der Waals surface area contributed by atoms with Crippen LogP contribution in [0, 0.1) is 3.57 Å². The van der Waals surface area contributed by atoms with E-state index >= 15 is 0 Å². The van der Waals surface area contributed by atoms with Crippen molar-refractivity contribution in [1.82, 2.24) is 9.97 Å². The molecule has 1 aromatic carbocycles. The van der Waals surface area contributed by atoms with E-state index in [9.17, 15) is 4.79 Å². The average molecular weight is 368 g/mol. The van der Waals surface area contributed by atoms with Crippen LogP contribution < -0.4 is 5.56 Å². The molecule has 0 aliphatic heterocycles. The molecule has 2 aromatic rings.